The van der Waals surface area contributed by atoms with Crippen LogP contribution in [0.3, 0.4) is 0 Å². The van der Waals surface area contributed by atoms with Crippen LogP contribution in [-0.2, 0) is 4.74 Å². The summed E-state index contributed by atoms with van der Waals surface area (Å²) >= 11 is 0. The number of esters is 1. The van der Waals surface area contributed by atoms with Crippen LogP contribution in [0, 0.1) is 0 Å². The van der Waals surface area contributed by atoms with Gasteiger partial charge < -0.3 is 10.5 Å². The molecule has 1 atom stereocenters. The van der Waals surface area contributed by atoms with Crippen LogP contribution in [0.2, 0.25) is 0 Å². The molecule has 0 spiro atoms. The fourth-order valence-corrected chi connectivity index (χ4v) is 1.20. The highest BCUT2D eigenvalue weighted by atomic mass is 35.5. The van der Waals surface area contributed by atoms with Crippen molar-refractivity contribution in [2.75, 3.05) is 13.8 Å². The number of ether oxygens (including phenoxy) is 1. The highest BCUT2D eigenvalue weighted by Crippen LogP contribution is 2.17. The molecule has 5 heteroatoms. The van der Waals surface area contributed by atoms with Crippen LogP contribution in [0.25, 0.3) is 0 Å². The number of benzene rings is 1. The molecule has 0 heterocycles. The quantitative estimate of drug-likeness (QED) is 0.811. The van der Waals surface area contributed by atoms with E-state index in [4.69, 9.17) is 5.73 Å². The number of methoxy groups -OCH3 is 1. The summed E-state index contributed by atoms with van der Waals surface area (Å²) in [4.78, 5) is 11.3. The van der Waals surface area contributed by atoms with Gasteiger partial charge in [0.25, 0.3) is 0 Å². The second kappa shape index (κ2) is 6.37. The molecule has 0 radical (unpaired) electrons. The molecule has 0 aliphatic rings. The van der Waals surface area contributed by atoms with Crippen LogP contribution >= 0.6 is 12.4 Å². The van der Waals surface area contributed by atoms with E-state index < -0.39 is 18.7 Å². The van der Waals surface area contributed by atoms with Crippen molar-refractivity contribution in [2.45, 2.75) is 6.04 Å². The first-order valence-corrected chi connectivity index (χ1v) is 4.19. The van der Waals surface area contributed by atoms with E-state index in [-0.39, 0.29) is 12.4 Å². The van der Waals surface area contributed by atoms with Gasteiger partial charge in [-0.1, -0.05) is 18.2 Å². The average Bonchev–Trinajstić information content (AvgIpc) is 2.27. The predicted molar refractivity (Wildman–Crippen MR) is 57.9 cm³/mol. The van der Waals surface area contributed by atoms with Crippen molar-refractivity contribution in [3.63, 3.8) is 0 Å². The first-order valence-electron chi connectivity index (χ1n) is 4.19. The van der Waals surface area contributed by atoms with Crippen LogP contribution in [0.15, 0.2) is 24.3 Å². The van der Waals surface area contributed by atoms with Gasteiger partial charge in [0, 0.05) is 0 Å². The summed E-state index contributed by atoms with van der Waals surface area (Å²) in [5, 5.41) is 0. The maximum absolute atomic E-state index is 12.3. The molecule has 1 aromatic rings. The van der Waals surface area contributed by atoms with Gasteiger partial charge in [0.1, 0.15) is 6.67 Å². The maximum atomic E-state index is 12.3. The molecule has 0 fully saturated rings. The molecule has 0 saturated heterocycles. The van der Waals surface area contributed by atoms with Crippen LogP contribution in [0.4, 0.5) is 4.39 Å². The Labute approximate surface area is 93.8 Å². The second-order valence-corrected chi connectivity index (χ2v) is 2.84. The zero-order valence-electron chi connectivity index (χ0n) is 8.27. The fraction of sp³-hybridized carbons (Fsp3) is 0.300. The molecule has 0 aromatic heterocycles. The number of hydrogen-bond donors (Lipinski definition) is 1. The SMILES string of the molecule is COC(=O)c1ccccc1[C@H](N)CF.Cl. The molecule has 0 amide bonds. The normalized spacial score (nSPS) is 11.4. The monoisotopic (exact) mass is 233 g/mol. The van der Waals surface area contributed by atoms with E-state index in [1.54, 1.807) is 24.3 Å². The minimum absolute atomic E-state index is 0. The number of alkyl halides is 1. The molecule has 3 nitrogen and oxygen atoms in total. The van der Waals surface area contributed by atoms with Crippen molar-refractivity contribution in [1.29, 1.82) is 0 Å². The average molecular weight is 234 g/mol. The Hall–Kier alpha value is -1.13. The van der Waals surface area contributed by atoms with Crippen molar-refractivity contribution < 1.29 is 13.9 Å². The molecule has 1 rings (SSSR count). The Morgan fingerprint density at radius 3 is 2.67 bits per heavy atom. The standard InChI is InChI=1S/C10H12FNO2.ClH/c1-14-10(13)8-5-3-2-4-7(8)9(12)6-11;/h2-5,9H,6,12H2,1H3;1H/t9-;/m1./s1. The number of carbonyl (C=O) groups is 1. The molecule has 0 aliphatic heterocycles. The fourth-order valence-electron chi connectivity index (χ4n) is 1.20. The summed E-state index contributed by atoms with van der Waals surface area (Å²) in [7, 11) is 1.28. The van der Waals surface area contributed by atoms with E-state index in [0.717, 1.165) is 0 Å². The summed E-state index contributed by atoms with van der Waals surface area (Å²) in [6.07, 6.45) is 0. The number of carbonyl (C=O) groups excluding carboxylic acids is 1. The van der Waals surface area contributed by atoms with Crippen molar-refractivity contribution in [3.05, 3.63) is 35.4 Å². The lowest BCUT2D eigenvalue weighted by Gasteiger charge is -2.11. The summed E-state index contributed by atoms with van der Waals surface area (Å²) in [5.74, 6) is -0.496. The van der Waals surface area contributed by atoms with E-state index in [0.29, 0.717) is 11.1 Å². The Balaban J connectivity index is 0.00000196. The van der Waals surface area contributed by atoms with Crippen LogP contribution in [-0.4, -0.2) is 19.8 Å². The van der Waals surface area contributed by atoms with Gasteiger partial charge in [-0.25, -0.2) is 9.18 Å². The molecule has 2 N–H and O–H groups in total. The Bertz CT molecular complexity index is 333. The zero-order valence-corrected chi connectivity index (χ0v) is 9.09. The Morgan fingerprint density at radius 2 is 2.13 bits per heavy atom. The van der Waals surface area contributed by atoms with E-state index >= 15 is 0 Å². The van der Waals surface area contributed by atoms with Crippen LogP contribution < -0.4 is 5.73 Å². The highest BCUT2D eigenvalue weighted by molar-refractivity contribution is 5.91. The van der Waals surface area contributed by atoms with E-state index in [9.17, 15) is 9.18 Å². The van der Waals surface area contributed by atoms with Gasteiger partial charge in [-0.2, -0.15) is 0 Å². The lowest BCUT2D eigenvalue weighted by Crippen LogP contribution is -2.17. The molecule has 0 saturated carbocycles. The van der Waals surface area contributed by atoms with Crippen molar-refractivity contribution in [1.82, 2.24) is 0 Å². The van der Waals surface area contributed by atoms with Gasteiger partial charge in [-0.3, -0.25) is 0 Å². The Morgan fingerprint density at radius 1 is 1.53 bits per heavy atom. The molecule has 0 bridgehead atoms. The molecule has 0 aliphatic carbocycles. The minimum atomic E-state index is -0.773. The van der Waals surface area contributed by atoms with Crippen molar-refractivity contribution >= 4 is 18.4 Å². The minimum Gasteiger partial charge on any atom is -0.465 e. The van der Waals surface area contributed by atoms with Gasteiger partial charge in [-0.15, -0.1) is 12.4 Å². The summed E-state index contributed by atoms with van der Waals surface area (Å²) in [5.41, 5.74) is 6.30. The van der Waals surface area contributed by atoms with Gasteiger partial charge in [-0.05, 0) is 11.6 Å². The van der Waals surface area contributed by atoms with Gasteiger partial charge in [0.05, 0.1) is 18.7 Å². The molecule has 1 aromatic carbocycles. The first kappa shape index (κ1) is 13.9. The van der Waals surface area contributed by atoms with Crippen LogP contribution in [0.5, 0.6) is 0 Å². The lowest BCUT2D eigenvalue weighted by atomic mass is 10.0. The first-order chi connectivity index (χ1) is 6.70. The largest absolute Gasteiger partial charge is 0.465 e. The predicted octanol–water partition coefficient (Wildman–Crippen LogP) is 1.86. The number of nitrogens with two attached hydrogens (primary N) is 1. The zero-order chi connectivity index (χ0) is 10.6. The van der Waals surface area contributed by atoms with Crippen molar-refractivity contribution in [2.24, 2.45) is 5.73 Å². The third-order valence-electron chi connectivity index (χ3n) is 1.93. The van der Waals surface area contributed by atoms with Crippen molar-refractivity contribution in [3.8, 4) is 0 Å². The summed E-state index contributed by atoms with van der Waals surface area (Å²) in [6.45, 7) is -0.700. The van der Waals surface area contributed by atoms with Gasteiger partial charge >= 0.3 is 5.97 Å². The highest BCUT2D eigenvalue weighted by Gasteiger charge is 2.15. The second-order valence-electron chi connectivity index (χ2n) is 2.84. The van der Waals surface area contributed by atoms with Gasteiger partial charge in [0.2, 0.25) is 0 Å². The molecular formula is C10H13ClFNO2. The number of halogens is 2. The number of rotatable bonds is 3. The molecular weight excluding hydrogens is 221 g/mol. The van der Waals surface area contributed by atoms with E-state index in [1.807, 2.05) is 0 Å². The third-order valence-corrected chi connectivity index (χ3v) is 1.93. The summed E-state index contributed by atoms with van der Waals surface area (Å²) in [6, 6.07) is 5.80. The Kier molecular flexibility index (Phi) is 5.89. The smallest absolute Gasteiger partial charge is 0.338 e. The van der Waals surface area contributed by atoms with E-state index in [2.05, 4.69) is 4.74 Å². The van der Waals surface area contributed by atoms with Crippen LogP contribution in [0.1, 0.15) is 22.0 Å². The third kappa shape index (κ3) is 3.18. The molecule has 0 unspecified atom stereocenters. The molecule has 15 heavy (non-hydrogen) atoms. The maximum Gasteiger partial charge on any atom is 0.338 e. The molecule has 84 valence electrons. The summed E-state index contributed by atoms with van der Waals surface area (Å²) < 4.78 is 16.9. The van der Waals surface area contributed by atoms with Gasteiger partial charge in [0.15, 0.2) is 0 Å². The lowest BCUT2D eigenvalue weighted by molar-refractivity contribution is 0.0598. The number of hydrogen-bond acceptors (Lipinski definition) is 3. The topological polar surface area (TPSA) is 52.3 Å². The van der Waals surface area contributed by atoms with E-state index in [1.165, 1.54) is 7.11 Å².